The Labute approximate surface area is 149 Å². The summed E-state index contributed by atoms with van der Waals surface area (Å²) in [6.45, 7) is 3.94. The molecule has 6 nitrogen and oxygen atoms in total. The summed E-state index contributed by atoms with van der Waals surface area (Å²) in [6.07, 6.45) is 8.20. The molecule has 0 aliphatic carbocycles. The zero-order valence-electron chi connectivity index (χ0n) is 13.7. The number of hydrogen-bond acceptors (Lipinski definition) is 7. The van der Waals surface area contributed by atoms with Crippen LogP contribution in [0.25, 0.3) is 0 Å². The van der Waals surface area contributed by atoms with Crippen molar-refractivity contribution >= 4 is 11.8 Å². The van der Waals surface area contributed by atoms with Gasteiger partial charge in [0.1, 0.15) is 5.75 Å². The lowest BCUT2D eigenvalue weighted by atomic mass is 10.1. The van der Waals surface area contributed by atoms with E-state index in [2.05, 4.69) is 4.90 Å². The van der Waals surface area contributed by atoms with Crippen molar-refractivity contribution < 1.29 is 34.0 Å². The van der Waals surface area contributed by atoms with Crippen LogP contribution in [0.2, 0.25) is 0 Å². The lowest BCUT2D eigenvalue weighted by Gasteiger charge is -2.26. The van der Waals surface area contributed by atoms with Gasteiger partial charge >= 0.3 is 0 Å². The summed E-state index contributed by atoms with van der Waals surface area (Å²) in [5.74, 6) is 1.54. The first kappa shape index (κ1) is 21.5. The quantitative estimate of drug-likeness (QED) is 0.507. The van der Waals surface area contributed by atoms with Crippen LogP contribution in [-0.2, 0) is 0 Å². The highest BCUT2D eigenvalue weighted by molar-refractivity contribution is 7.99. The van der Waals surface area contributed by atoms with E-state index in [1.807, 2.05) is 23.9 Å². The predicted octanol–water partition coefficient (Wildman–Crippen LogP) is 0.0165. The number of piperidine rings is 1. The van der Waals surface area contributed by atoms with Gasteiger partial charge in [-0.3, -0.25) is 0 Å². The Morgan fingerprint density at radius 3 is 2.12 bits per heavy atom. The van der Waals surface area contributed by atoms with Crippen molar-refractivity contribution in [2.45, 2.75) is 43.4 Å². The molecule has 0 aromatic heterocycles. The largest absolute Gasteiger partial charge is 0.508 e. The maximum atomic E-state index is 9.21. The molecular weight excluding hydrogens is 354 g/mol. The molecule has 8 heteroatoms. The maximum absolute atomic E-state index is 9.21. The first-order valence-electron chi connectivity index (χ1n) is 8.12. The molecule has 1 fully saturated rings. The van der Waals surface area contributed by atoms with Gasteiger partial charge < -0.3 is 10.0 Å². The van der Waals surface area contributed by atoms with E-state index in [-0.39, 0.29) is 0 Å². The number of aromatic hydroxyl groups is 1. The van der Waals surface area contributed by atoms with Crippen molar-refractivity contribution in [2.24, 2.45) is 0 Å². The molecule has 1 aromatic rings. The number of nitrogens with zero attached hydrogens (tertiary/aromatic N) is 1. The van der Waals surface area contributed by atoms with Crippen LogP contribution in [0, 0.1) is 10.2 Å². The van der Waals surface area contributed by atoms with Crippen molar-refractivity contribution in [3.05, 3.63) is 24.3 Å². The van der Waals surface area contributed by atoms with E-state index in [9.17, 15) is 5.11 Å². The van der Waals surface area contributed by atoms with E-state index < -0.39 is 10.2 Å². The minimum atomic E-state index is -4.69. The molecule has 1 aliphatic rings. The first-order valence-corrected chi connectivity index (χ1v) is 10.4. The number of rotatable bonds is 7. The van der Waals surface area contributed by atoms with Crippen LogP contribution in [0.3, 0.4) is 0 Å². The molecule has 0 spiro atoms. The first-order chi connectivity index (χ1) is 11.3. The summed E-state index contributed by atoms with van der Waals surface area (Å²) in [7, 11) is -4.69. The van der Waals surface area contributed by atoms with Crippen LogP contribution in [0.1, 0.15) is 38.5 Å². The van der Waals surface area contributed by atoms with Crippen LogP contribution in [0.15, 0.2) is 29.2 Å². The van der Waals surface area contributed by atoms with Gasteiger partial charge in [0.25, 0.3) is 0 Å². The lowest BCUT2D eigenvalue weighted by molar-refractivity contribution is -1.92. The molecule has 0 unspecified atom stereocenters. The summed E-state index contributed by atoms with van der Waals surface area (Å²) in [5.41, 5.74) is 0. The van der Waals surface area contributed by atoms with Crippen molar-refractivity contribution in [1.29, 1.82) is 0 Å². The minimum Gasteiger partial charge on any atom is -0.508 e. The van der Waals surface area contributed by atoms with E-state index in [1.54, 1.807) is 12.1 Å². The summed E-state index contributed by atoms with van der Waals surface area (Å²) in [6, 6.07) is 7.51. The summed E-state index contributed by atoms with van der Waals surface area (Å²) in [4.78, 5) is 3.88. The Kier molecular flexibility index (Phi) is 10.7. The number of unbranched alkanes of at least 4 members (excludes halogenated alkanes) is 2. The molecule has 1 saturated heterocycles. The summed E-state index contributed by atoms with van der Waals surface area (Å²) >= 11 is 1.89. The van der Waals surface area contributed by atoms with Crippen molar-refractivity contribution in [3.63, 3.8) is 0 Å². The molecule has 1 heterocycles. The Hall–Kier alpha value is -0.540. The fourth-order valence-electron chi connectivity index (χ4n) is 2.53. The van der Waals surface area contributed by atoms with Gasteiger partial charge in [0.15, 0.2) is 0 Å². The molecule has 24 heavy (non-hydrogen) atoms. The Bertz CT molecular complexity index is 429. The number of phenols is 1. The minimum absolute atomic E-state index is 0.353. The monoisotopic (exact) mass is 379 g/mol. The predicted molar refractivity (Wildman–Crippen MR) is 85.2 cm³/mol. The van der Waals surface area contributed by atoms with Crippen molar-refractivity contribution in [2.75, 3.05) is 25.4 Å². The number of phenolic OH excluding ortho intramolecular Hbond substituents is 1. The zero-order valence-corrected chi connectivity index (χ0v) is 15.3. The van der Waals surface area contributed by atoms with E-state index in [4.69, 9.17) is 18.6 Å². The van der Waals surface area contributed by atoms with E-state index >= 15 is 0 Å². The van der Waals surface area contributed by atoms with Gasteiger partial charge in [0.2, 0.25) is 0 Å². The van der Waals surface area contributed by atoms with E-state index in [1.165, 1.54) is 68.8 Å². The molecule has 2 N–H and O–H groups in total. The van der Waals surface area contributed by atoms with Crippen LogP contribution in [0.4, 0.5) is 0 Å². The third-order valence-electron chi connectivity index (χ3n) is 3.67. The third-order valence-corrected chi connectivity index (χ3v) is 4.77. The van der Waals surface area contributed by atoms with Gasteiger partial charge in [-0.25, -0.2) is 0 Å². The van der Waals surface area contributed by atoms with Gasteiger partial charge in [-0.1, -0.05) is 12.8 Å². The van der Waals surface area contributed by atoms with Gasteiger partial charge in [-0.15, -0.1) is 11.8 Å². The smallest absolute Gasteiger partial charge is 0.115 e. The number of thioether (sulfide) groups is 1. The van der Waals surface area contributed by atoms with Gasteiger partial charge in [-0.05, 0) is 75.3 Å². The Morgan fingerprint density at radius 2 is 1.54 bits per heavy atom. The zero-order chi connectivity index (χ0) is 17.8. The molecule has 0 amide bonds. The molecule has 0 saturated carbocycles. The molecule has 0 radical (unpaired) electrons. The van der Waals surface area contributed by atoms with Crippen LogP contribution in [-0.4, -0.2) is 40.1 Å². The molecule has 138 valence electrons. The van der Waals surface area contributed by atoms with Gasteiger partial charge in [0.05, 0.1) is 14.9 Å². The van der Waals surface area contributed by atoms with Crippen molar-refractivity contribution in [3.8, 4) is 5.75 Å². The Balaban J connectivity index is 0.000000505. The fourth-order valence-corrected chi connectivity index (χ4v) is 3.44. The SMILES string of the molecule is Oc1ccc(SCCCCCN2CCCCC2)cc1.[O-][Cl+3]([O-])([O-])O. The van der Waals surface area contributed by atoms with Gasteiger partial charge in [0, 0.05) is 4.90 Å². The highest BCUT2D eigenvalue weighted by atomic mass is 35.7. The number of benzene rings is 1. The van der Waals surface area contributed by atoms with Crippen LogP contribution >= 0.6 is 11.8 Å². The van der Waals surface area contributed by atoms with Crippen molar-refractivity contribution in [1.82, 2.24) is 4.90 Å². The molecule has 0 atom stereocenters. The highest BCUT2D eigenvalue weighted by Gasteiger charge is 2.08. The number of halogens is 1. The molecular formula is C16H26ClNO5S. The third kappa shape index (κ3) is 12.8. The second-order valence-electron chi connectivity index (χ2n) is 5.70. The second-order valence-corrected chi connectivity index (χ2v) is 7.66. The normalized spacial score (nSPS) is 15.7. The lowest BCUT2D eigenvalue weighted by Crippen LogP contribution is -2.58. The molecule has 1 aliphatic heterocycles. The highest BCUT2D eigenvalue weighted by Crippen LogP contribution is 2.22. The summed E-state index contributed by atoms with van der Waals surface area (Å²) < 4.78 is 32.7. The van der Waals surface area contributed by atoms with E-state index in [0.29, 0.717) is 5.75 Å². The average molecular weight is 380 g/mol. The number of hydrogen-bond donors (Lipinski definition) is 2. The summed E-state index contributed by atoms with van der Waals surface area (Å²) in [5, 5.41) is 9.21. The Morgan fingerprint density at radius 1 is 0.958 bits per heavy atom. The van der Waals surface area contributed by atoms with Gasteiger partial charge in [-0.2, -0.15) is 14.0 Å². The maximum Gasteiger partial charge on any atom is 0.115 e. The average Bonchev–Trinajstić information content (AvgIpc) is 2.52. The second kappa shape index (κ2) is 11.9. The topological polar surface area (TPSA) is 113 Å². The molecule has 0 bridgehead atoms. The molecule has 2 rings (SSSR count). The fraction of sp³-hybridized carbons (Fsp3) is 0.625. The standard InChI is InChI=1S/C16H25NOS.ClHO4/c18-15-7-9-16(10-8-15)19-14-6-2-5-13-17-11-3-1-4-12-17;2-1(3,4)5/h7-10,18H,1-6,11-14H2;(H,2,3,4,5). The molecule has 1 aromatic carbocycles. The number of likely N-dealkylation sites (tertiary alicyclic amines) is 1. The van der Waals surface area contributed by atoms with Crippen LogP contribution < -0.4 is 14.0 Å². The van der Waals surface area contributed by atoms with Crippen LogP contribution in [0.5, 0.6) is 5.75 Å². The van der Waals surface area contributed by atoms with E-state index in [0.717, 1.165) is 0 Å².